The fraction of sp³-hybridized carbons (Fsp3) is 0.621. The van der Waals surface area contributed by atoms with Crippen LogP contribution in [-0.2, 0) is 4.74 Å². The number of ether oxygens (including phenoxy) is 1. The third kappa shape index (κ3) is 9.65. The zero-order valence-corrected chi connectivity index (χ0v) is 19.5. The van der Waals surface area contributed by atoms with Crippen LogP contribution in [0.3, 0.4) is 0 Å². The van der Waals surface area contributed by atoms with Crippen molar-refractivity contribution in [1.29, 1.82) is 0 Å². The average Bonchev–Trinajstić information content (AvgIpc) is 2.78. The first-order chi connectivity index (χ1) is 14.9. The lowest BCUT2D eigenvalue weighted by Crippen LogP contribution is -2.01. The lowest BCUT2D eigenvalue weighted by Gasteiger charge is -2.20. The summed E-state index contributed by atoms with van der Waals surface area (Å²) in [5.74, 6) is 0.716. The Morgan fingerprint density at radius 3 is 2.07 bits per heavy atom. The zero-order valence-electron chi connectivity index (χ0n) is 19.5. The molecule has 1 radical (unpaired) electrons. The summed E-state index contributed by atoms with van der Waals surface area (Å²) < 4.78 is 5.53. The highest BCUT2D eigenvalue weighted by Gasteiger charge is 2.14. The SMILES string of the molecule is [CH2]CCOCCCCCCCC[C@@H](CCCCCCC)c1cccc2ccccc12. The molecule has 2 aromatic rings. The largest absolute Gasteiger partial charge is 0.381 e. The topological polar surface area (TPSA) is 9.23 Å². The second kappa shape index (κ2) is 16.4. The molecule has 0 aliphatic rings. The van der Waals surface area contributed by atoms with Gasteiger partial charge in [-0.05, 0) is 47.9 Å². The van der Waals surface area contributed by atoms with Gasteiger partial charge in [0.2, 0.25) is 0 Å². The van der Waals surface area contributed by atoms with Crippen LogP contribution in [0.1, 0.15) is 108 Å². The molecule has 0 aromatic heterocycles. The van der Waals surface area contributed by atoms with Gasteiger partial charge in [0.05, 0.1) is 0 Å². The van der Waals surface area contributed by atoms with Gasteiger partial charge in [-0.1, -0.05) is 121 Å². The first kappa shape index (κ1) is 24.9. The van der Waals surface area contributed by atoms with Gasteiger partial charge in [-0.25, -0.2) is 0 Å². The van der Waals surface area contributed by atoms with Crippen molar-refractivity contribution in [3.05, 3.63) is 55.0 Å². The van der Waals surface area contributed by atoms with Crippen molar-refractivity contribution in [2.45, 2.75) is 103 Å². The molecule has 0 aliphatic carbocycles. The Labute approximate surface area is 186 Å². The van der Waals surface area contributed by atoms with Crippen molar-refractivity contribution >= 4 is 10.8 Å². The Bertz CT molecular complexity index is 657. The molecule has 1 nitrogen and oxygen atoms in total. The van der Waals surface area contributed by atoms with E-state index in [4.69, 9.17) is 4.74 Å². The summed E-state index contributed by atoms with van der Waals surface area (Å²) in [6.45, 7) is 7.84. The van der Waals surface area contributed by atoms with Crippen LogP contribution in [0.2, 0.25) is 0 Å². The molecule has 0 amide bonds. The smallest absolute Gasteiger partial charge is 0.0466 e. The second-order valence-corrected chi connectivity index (χ2v) is 8.84. The summed E-state index contributed by atoms with van der Waals surface area (Å²) in [6, 6.07) is 15.9. The van der Waals surface area contributed by atoms with Crippen LogP contribution in [0.15, 0.2) is 42.5 Å². The number of rotatable bonds is 18. The molecule has 0 saturated heterocycles. The molecule has 1 heteroatoms. The fourth-order valence-electron chi connectivity index (χ4n) is 4.56. The number of benzene rings is 2. The predicted molar refractivity (Wildman–Crippen MR) is 133 cm³/mol. The van der Waals surface area contributed by atoms with Crippen LogP contribution in [0.5, 0.6) is 0 Å². The van der Waals surface area contributed by atoms with Crippen molar-refractivity contribution < 1.29 is 4.74 Å². The van der Waals surface area contributed by atoms with Crippen molar-refractivity contribution in [2.24, 2.45) is 0 Å². The molecule has 0 spiro atoms. The Morgan fingerprint density at radius 1 is 0.700 bits per heavy atom. The van der Waals surface area contributed by atoms with Crippen molar-refractivity contribution in [3.8, 4) is 0 Å². The van der Waals surface area contributed by atoms with E-state index in [1.54, 1.807) is 5.56 Å². The van der Waals surface area contributed by atoms with E-state index in [2.05, 4.69) is 56.3 Å². The minimum atomic E-state index is 0.716. The summed E-state index contributed by atoms with van der Waals surface area (Å²) in [6.07, 6.45) is 18.4. The maximum Gasteiger partial charge on any atom is 0.0466 e. The molecule has 0 unspecified atom stereocenters. The first-order valence-corrected chi connectivity index (χ1v) is 12.7. The van der Waals surface area contributed by atoms with Crippen molar-refractivity contribution in [2.75, 3.05) is 13.2 Å². The van der Waals surface area contributed by atoms with Gasteiger partial charge in [-0.3, -0.25) is 0 Å². The molecular weight excluding hydrogens is 364 g/mol. The highest BCUT2D eigenvalue weighted by Crippen LogP contribution is 2.33. The summed E-state index contributed by atoms with van der Waals surface area (Å²) in [4.78, 5) is 0. The molecule has 0 N–H and O–H groups in total. The van der Waals surface area contributed by atoms with Gasteiger partial charge in [0.1, 0.15) is 0 Å². The van der Waals surface area contributed by atoms with E-state index < -0.39 is 0 Å². The normalized spacial score (nSPS) is 12.5. The number of hydrogen-bond donors (Lipinski definition) is 0. The molecule has 0 saturated carbocycles. The van der Waals surface area contributed by atoms with Crippen molar-refractivity contribution in [1.82, 2.24) is 0 Å². The molecule has 0 aliphatic heterocycles. The fourth-order valence-corrected chi connectivity index (χ4v) is 4.56. The van der Waals surface area contributed by atoms with Gasteiger partial charge in [-0.2, -0.15) is 0 Å². The molecule has 2 rings (SSSR count). The van der Waals surface area contributed by atoms with Crippen LogP contribution in [0, 0.1) is 6.92 Å². The Balaban J connectivity index is 1.79. The average molecular weight is 410 g/mol. The van der Waals surface area contributed by atoms with Gasteiger partial charge < -0.3 is 4.74 Å². The zero-order chi connectivity index (χ0) is 21.3. The van der Waals surface area contributed by atoms with E-state index in [0.717, 1.165) is 19.6 Å². The Hall–Kier alpha value is -1.34. The molecule has 0 bridgehead atoms. The van der Waals surface area contributed by atoms with E-state index >= 15 is 0 Å². The molecule has 30 heavy (non-hydrogen) atoms. The van der Waals surface area contributed by atoms with E-state index in [9.17, 15) is 0 Å². The van der Waals surface area contributed by atoms with Crippen LogP contribution in [0.4, 0.5) is 0 Å². The van der Waals surface area contributed by atoms with E-state index in [-0.39, 0.29) is 0 Å². The van der Waals surface area contributed by atoms with Crippen LogP contribution in [0.25, 0.3) is 10.8 Å². The van der Waals surface area contributed by atoms with Crippen LogP contribution >= 0.6 is 0 Å². The minimum Gasteiger partial charge on any atom is -0.381 e. The summed E-state index contributed by atoms with van der Waals surface area (Å²) in [5, 5.41) is 2.87. The summed E-state index contributed by atoms with van der Waals surface area (Å²) >= 11 is 0. The van der Waals surface area contributed by atoms with Gasteiger partial charge in [0, 0.05) is 13.2 Å². The van der Waals surface area contributed by atoms with Gasteiger partial charge in [0.25, 0.3) is 0 Å². The van der Waals surface area contributed by atoms with Crippen LogP contribution < -0.4 is 0 Å². The highest BCUT2D eigenvalue weighted by atomic mass is 16.5. The lowest BCUT2D eigenvalue weighted by molar-refractivity contribution is 0.134. The third-order valence-electron chi connectivity index (χ3n) is 6.30. The quantitative estimate of drug-likeness (QED) is 0.223. The van der Waals surface area contributed by atoms with Gasteiger partial charge in [-0.15, -0.1) is 0 Å². The number of fused-ring (bicyclic) bond motifs is 1. The number of unbranched alkanes of at least 4 members (excludes halogenated alkanes) is 9. The Kier molecular flexibility index (Phi) is 13.6. The Morgan fingerprint density at radius 2 is 1.33 bits per heavy atom. The van der Waals surface area contributed by atoms with Gasteiger partial charge in [0.15, 0.2) is 0 Å². The molecule has 2 aromatic carbocycles. The minimum absolute atomic E-state index is 0.716. The molecule has 0 fully saturated rings. The maximum atomic E-state index is 5.53. The molecular formula is C29H45O. The van der Waals surface area contributed by atoms with Crippen LogP contribution in [-0.4, -0.2) is 13.2 Å². The maximum absolute atomic E-state index is 5.53. The van der Waals surface area contributed by atoms with E-state index in [1.807, 2.05) is 0 Å². The monoisotopic (exact) mass is 409 g/mol. The third-order valence-corrected chi connectivity index (χ3v) is 6.30. The number of hydrogen-bond acceptors (Lipinski definition) is 1. The first-order valence-electron chi connectivity index (χ1n) is 12.7. The predicted octanol–water partition coefficient (Wildman–Crippen LogP) is 9.26. The molecule has 167 valence electrons. The van der Waals surface area contributed by atoms with E-state index in [1.165, 1.54) is 94.2 Å². The highest BCUT2D eigenvalue weighted by molar-refractivity contribution is 5.86. The molecule has 1 atom stereocenters. The van der Waals surface area contributed by atoms with E-state index in [0.29, 0.717) is 5.92 Å². The standard InChI is InChI=1S/C29H45O/c1-3-5-6-9-12-18-26(19-13-10-7-8-11-16-25-30-24-4-2)29-23-17-21-27-20-14-15-22-28(27)29/h14-15,17,20-23,26H,2-13,16,18-19,24-25H2,1H3/t26-/m1/s1. The van der Waals surface area contributed by atoms with Crippen molar-refractivity contribution in [3.63, 3.8) is 0 Å². The van der Waals surface area contributed by atoms with Gasteiger partial charge >= 0.3 is 0 Å². The second-order valence-electron chi connectivity index (χ2n) is 8.84. The summed E-state index contributed by atoms with van der Waals surface area (Å²) in [7, 11) is 0. The molecule has 0 heterocycles. The summed E-state index contributed by atoms with van der Waals surface area (Å²) in [5.41, 5.74) is 1.59. The lowest BCUT2D eigenvalue weighted by atomic mass is 9.85.